The van der Waals surface area contributed by atoms with Crippen molar-refractivity contribution in [1.82, 2.24) is 4.90 Å². The third-order valence-corrected chi connectivity index (χ3v) is 7.82. The number of amides is 1. The maximum Gasteiger partial charge on any atom is 0.254 e. The molecule has 36 heavy (non-hydrogen) atoms. The van der Waals surface area contributed by atoms with Crippen molar-refractivity contribution in [2.24, 2.45) is 11.8 Å². The van der Waals surface area contributed by atoms with Crippen LogP contribution in [-0.2, 0) is 17.6 Å². The zero-order valence-electron chi connectivity index (χ0n) is 23.2. The molecule has 2 aliphatic carbocycles. The lowest BCUT2D eigenvalue weighted by molar-refractivity contribution is -0.0980. The number of hydrogen-bond acceptors (Lipinski definition) is 2. The van der Waals surface area contributed by atoms with Gasteiger partial charge in [-0.15, -0.1) is 0 Å². The topological polar surface area (TPSA) is 68.9 Å². The Bertz CT molecular complexity index is 1100. The molecule has 1 saturated carbocycles. The lowest BCUT2D eigenvalue weighted by Crippen LogP contribution is -2.42. The number of aryl methyl sites for hydroxylation is 3. The van der Waals surface area contributed by atoms with Gasteiger partial charge in [0.2, 0.25) is 0 Å². The summed E-state index contributed by atoms with van der Waals surface area (Å²) in [6, 6.07) is 8.78. The molecule has 0 aromatic heterocycles. The zero-order chi connectivity index (χ0) is 25.7. The van der Waals surface area contributed by atoms with Gasteiger partial charge in [0.05, 0.1) is 0 Å². The van der Waals surface area contributed by atoms with Gasteiger partial charge in [-0.3, -0.25) is 4.79 Å². The van der Waals surface area contributed by atoms with Gasteiger partial charge < -0.3 is 15.2 Å². The van der Waals surface area contributed by atoms with Crippen LogP contribution < -0.4 is 0 Å². The molecule has 1 saturated heterocycles. The van der Waals surface area contributed by atoms with Gasteiger partial charge in [-0.05, 0) is 98.2 Å². The summed E-state index contributed by atoms with van der Waals surface area (Å²) in [7, 11) is 0. The van der Waals surface area contributed by atoms with E-state index < -0.39 is 0 Å². The number of benzene rings is 2. The second-order valence-electron chi connectivity index (χ2n) is 10.9. The van der Waals surface area contributed by atoms with Crippen molar-refractivity contribution >= 4 is 18.8 Å². The number of fused-ring (bicyclic) bond motifs is 1. The molecule has 2 atom stereocenters. The normalized spacial score (nSPS) is 19.5. The van der Waals surface area contributed by atoms with Crippen LogP contribution in [0, 0.1) is 39.5 Å². The standard InChI is InChI=1S/C28H35NO.C3H6.CH2O.H2O/c1-17-11-20(4)27-15-23(13-24(27)12-17)14-26-19(3)7-8-25(22(26)6)28(30)29-10-9-18(2)21(5)16-29;1-2-3-1;1-2;/h7-8,11-12,15,18,21H,9-10,13-14,16H2,1-6H3;1-3H2;1H2;1H2. The van der Waals surface area contributed by atoms with Gasteiger partial charge >= 0.3 is 0 Å². The molecule has 4 nitrogen and oxygen atoms in total. The fourth-order valence-corrected chi connectivity index (χ4v) is 5.27. The number of hydrogen-bond donors (Lipinski definition) is 0. The minimum Gasteiger partial charge on any atom is -0.412 e. The summed E-state index contributed by atoms with van der Waals surface area (Å²) in [5, 5.41) is 0. The van der Waals surface area contributed by atoms with Gasteiger partial charge in [0.1, 0.15) is 6.79 Å². The van der Waals surface area contributed by atoms with E-state index in [9.17, 15) is 4.79 Å². The number of carbonyl (C=O) groups is 2. The van der Waals surface area contributed by atoms with Gasteiger partial charge in [-0.25, -0.2) is 0 Å². The summed E-state index contributed by atoms with van der Waals surface area (Å²) < 4.78 is 0. The van der Waals surface area contributed by atoms with Crippen LogP contribution in [0.4, 0.5) is 0 Å². The molecule has 5 rings (SSSR count). The van der Waals surface area contributed by atoms with Crippen LogP contribution in [-0.4, -0.2) is 36.2 Å². The highest BCUT2D eigenvalue weighted by Gasteiger charge is 2.28. The first kappa shape index (κ1) is 29.5. The number of likely N-dealkylation sites (tertiary alicyclic amines) is 1. The zero-order valence-corrected chi connectivity index (χ0v) is 23.2. The molecular weight excluding hydrogens is 446 g/mol. The Labute approximate surface area is 218 Å². The number of nitrogens with zero attached hydrogens (tertiary/aromatic N) is 1. The lowest BCUT2D eigenvalue weighted by atomic mass is 9.87. The Hall–Kier alpha value is -2.72. The molecule has 3 aliphatic rings. The lowest BCUT2D eigenvalue weighted by Gasteiger charge is -2.35. The third-order valence-electron chi connectivity index (χ3n) is 7.82. The van der Waals surface area contributed by atoms with Crippen LogP contribution in [0.15, 0.2) is 29.8 Å². The number of allylic oxidation sites excluding steroid dienone is 1. The van der Waals surface area contributed by atoms with Crippen LogP contribution >= 0.6 is 0 Å². The Morgan fingerprint density at radius 1 is 0.972 bits per heavy atom. The van der Waals surface area contributed by atoms with E-state index in [0.29, 0.717) is 11.8 Å². The highest BCUT2D eigenvalue weighted by atomic mass is 16.2. The van der Waals surface area contributed by atoms with Gasteiger partial charge in [0.25, 0.3) is 5.91 Å². The molecule has 4 heteroatoms. The first-order valence-electron chi connectivity index (χ1n) is 13.2. The fourth-order valence-electron chi connectivity index (χ4n) is 5.27. The summed E-state index contributed by atoms with van der Waals surface area (Å²) >= 11 is 0. The summed E-state index contributed by atoms with van der Waals surface area (Å²) in [5.41, 5.74) is 11.7. The largest absolute Gasteiger partial charge is 0.412 e. The van der Waals surface area contributed by atoms with E-state index in [0.717, 1.165) is 43.5 Å². The second kappa shape index (κ2) is 13.0. The van der Waals surface area contributed by atoms with Crippen LogP contribution in [0.2, 0.25) is 0 Å². The molecule has 0 radical (unpaired) electrons. The van der Waals surface area contributed by atoms with E-state index in [-0.39, 0.29) is 11.4 Å². The molecule has 0 spiro atoms. The van der Waals surface area contributed by atoms with Crippen molar-refractivity contribution in [3.8, 4) is 0 Å². The smallest absolute Gasteiger partial charge is 0.254 e. The first-order valence-corrected chi connectivity index (χ1v) is 13.2. The quantitative estimate of drug-likeness (QED) is 0.500. The van der Waals surface area contributed by atoms with E-state index in [1.807, 2.05) is 12.9 Å². The van der Waals surface area contributed by atoms with Gasteiger partial charge in [0.15, 0.2) is 0 Å². The Morgan fingerprint density at radius 2 is 1.64 bits per heavy atom. The molecule has 196 valence electrons. The minimum absolute atomic E-state index is 0. The summed E-state index contributed by atoms with van der Waals surface area (Å²) in [6.45, 7) is 17.0. The predicted octanol–water partition coefficient (Wildman–Crippen LogP) is 6.38. The number of rotatable bonds is 3. The third kappa shape index (κ3) is 6.94. The van der Waals surface area contributed by atoms with Crippen molar-refractivity contribution in [2.75, 3.05) is 13.1 Å². The molecule has 2 aromatic carbocycles. The molecular formula is C32H45NO3. The molecule has 0 bridgehead atoms. The van der Waals surface area contributed by atoms with Crippen LogP contribution in [0.25, 0.3) is 6.08 Å². The predicted molar refractivity (Wildman–Crippen MR) is 151 cm³/mol. The average Bonchev–Trinajstić information content (AvgIpc) is 3.66. The summed E-state index contributed by atoms with van der Waals surface area (Å²) in [4.78, 5) is 23.4. The van der Waals surface area contributed by atoms with Crippen molar-refractivity contribution in [3.63, 3.8) is 0 Å². The molecule has 2 fully saturated rings. The van der Waals surface area contributed by atoms with Crippen molar-refractivity contribution in [3.05, 3.63) is 74.3 Å². The van der Waals surface area contributed by atoms with E-state index in [2.05, 4.69) is 70.7 Å². The van der Waals surface area contributed by atoms with Crippen LogP contribution in [0.3, 0.4) is 0 Å². The highest BCUT2D eigenvalue weighted by molar-refractivity contribution is 5.96. The van der Waals surface area contributed by atoms with Crippen molar-refractivity contribution in [2.45, 2.75) is 80.1 Å². The molecule has 2 N–H and O–H groups in total. The molecule has 1 amide bonds. The summed E-state index contributed by atoms with van der Waals surface area (Å²) in [5.74, 6) is 1.48. The minimum atomic E-state index is 0. The van der Waals surface area contributed by atoms with Crippen LogP contribution in [0.1, 0.15) is 88.8 Å². The maximum absolute atomic E-state index is 13.3. The maximum atomic E-state index is 13.3. The fraction of sp³-hybridized carbons (Fsp3) is 0.500. The molecule has 2 unspecified atom stereocenters. The van der Waals surface area contributed by atoms with Crippen LogP contribution in [0.5, 0.6) is 0 Å². The van der Waals surface area contributed by atoms with Gasteiger partial charge in [-0.1, -0.05) is 68.5 Å². The van der Waals surface area contributed by atoms with Crippen molar-refractivity contribution < 1.29 is 15.1 Å². The summed E-state index contributed by atoms with van der Waals surface area (Å²) in [6.07, 6.45) is 9.94. The molecule has 1 aliphatic heterocycles. The molecule has 2 aromatic rings. The highest BCUT2D eigenvalue weighted by Crippen LogP contribution is 2.33. The van der Waals surface area contributed by atoms with Gasteiger partial charge in [-0.2, -0.15) is 0 Å². The van der Waals surface area contributed by atoms with E-state index >= 15 is 0 Å². The van der Waals surface area contributed by atoms with E-state index in [4.69, 9.17) is 4.79 Å². The Kier molecular flexibility index (Phi) is 10.7. The molecule has 1 heterocycles. The van der Waals surface area contributed by atoms with E-state index in [1.54, 1.807) is 0 Å². The Morgan fingerprint density at radius 3 is 2.25 bits per heavy atom. The monoisotopic (exact) mass is 491 g/mol. The SMILES string of the molecule is C1CC1.C=O.Cc1cc(C)c2c(c1)CC(Cc1c(C)ccc(C(=O)N3CCC(C)C(C)C3)c1C)=C2.O. The van der Waals surface area contributed by atoms with Crippen molar-refractivity contribution in [1.29, 1.82) is 0 Å². The average molecular weight is 492 g/mol. The first-order chi connectivity index (χ1) is 16.7. The number of piperidine rings is 1. The second-order valence-corrected chi connectivity index (χ2v) is 10.9. The van der Waals surface area contributed by atoms with E-state index in [1.165, 1.54) is 58.2 Å². The Balaban J connectivity index is 0.000000693. The number of carbonyl (C=O) groups excluding carboxylic acids is 2. The van der Waals surface area contributed by atoms with Gasteiger partial charge in [0, 0.05) is 18.7 Å².